The third kappa shape index (κ3) is 6.07. The highest BCUT2D eigenvalue weighted by molar-refractivity contribution is 6.35. The first kappa shape index (κ1) is 23.7. The third-order valence-electron chi connectivity index (χ3n) is 4.39. The van der Waals surface area contributed by atoms with Crippen molar-refractivity contribution in [2.75, 3.05) is 14.2 Å². The lowest BCUT2D eigenvalue weighted by Crippen LogP contribution is -2.17. The molecule has 1 amide bonds. The number of methoxy groups -OCH3 is 2. The Morgan fingerprint density at radius 2 is 1.59 bits per heavy atom. The summed E-state index contributed by atoms with van der Waals surface area (Å²) in [5.74, 6) is 1.06. The van der Waals surface area contributed by atoms with E-state index in [1.807, 2.05) is 0 Å². The van der Waals surface area contributed by atoms with Gasteiger partial charge in [0.2, 0.25) is 0 Å². The van der Waals surface area contributed by atoms with Gasteiger partial charge in [-0.25, -0.2) is 5.43 Å². The first-order valence-corrected chi connectivity index (χ1v) is 10.5. The predicted molar refractivity (Wildman–Crippen MR) is 127 cm³/mol. The van der Waals surface area contributed by atoms with Crippen LogP contribution >= 0.6 is 34.8 Å². The predicted octanol–water partition coefficient (Wildman–Crippen LogP) is 6.01. The van der Waals surface area contributed by atoms with Crippen molar-refractivity contribution < 1.29 is 19.0 Å². The molecule has 0 fully saturated rings. The van der Waals surface area contributed by atoms with Crippen LogP contribution in [0.25, 0.3) is 0 Å². The van der Waals surface area contributed by atoms with E-state index in [1.165, 1.54) is 20.4 Å². The largest absolute Gasteiger partial charge is 0.493 e. The molecule has 0 aliphatic rings. The maximum Gasteiger partial charge on any atom is 0.271 e. The van der Waals surface area contributed by atoms with Crippen molar-refractivity contribution in [3.05, 3.63) is 86.4 Å². The van der Waals surface area contributed by atoms with Gasteiger partial charge in [0, 0.05) is 31.8 Å². The van der Waals surface area contributed by atoms with Gasteiger partial charge in [-0.3, -0.25) is 4.79 Å². The fourth-order valence-corrected chi connectivity index (χ4v) is 3.39. The van der Waals surface area contributed by atoms with Crippen molar-refractivity contribution in [3.63, 3.8) is 0 Å². The van der Waals surface area contributed by atoms with Gasteiger partial charge in [0.15, 0.2) is 11.5 Å². The summed E-state index contributed by atoms with van der Waals surface area (Å²) in [4.78, 5) is 12.4. The van der Waals surface area contributed by atoms with Crippen LogP contribution in [0, 0.1) is 0 Å². The van der Waals surface area contributed by atoms with Gasteiger partial charge in [-0.1, -0.05) is 40.9 Å². The number of carbonyl (C=O) groups excluding carboxylic acids is 1. The molecule has 0 saturated carbocycles. The molecule has 3 rings (SSSR count). The molecule has 0 radical (unpaired) electrons. The fraction of sp³-hybridized carbons (Fsp3) is 0.130. The Morgan fingerprint density at radius 1 is 0.906 bits per heavy atom. The van der Waals surface area contributed by atoms with Crippen LogP contribution in [-0.4, -0.2) is 26.3 Å². The molecule has 166 valence electrons. The number of hydrogen-bond donors (Lipinski definition) is 1. The Labute approximate surface area is 200 Å². The van der Waals surface area contributed by atoms with Crippen LogP contribution in [0.1, 0.15) is 21.5 Å². The number of benzene rings is 3. The summed E-state index contributed by atoms with van der Waals surface area (Å²) in [7, 11) is 3.02. The zero-order valence-electron chi connectivity index (χ0n) is 17.2. The second-order valence-corrected chi connectivity index (χ2v) is 7.76. The number of hydrogen-bond acceptors (Lipinski definition) is 5. The number of nitrogens with zero attached hydrogens (tertiary/aromatic N) is 1. The van der Waals surface area contributed by atoms with Gasteiger partial charge in [-0.15, -0.1) is 0 Å². The number of ether oxygens (including phenoxy) is 3. The van der Waals surface area contributed by atoms with Crippen molar-refractivity contribution in [2.45, 2.75) is 6.61 Å². The van der Waals surface area contributed by atoms with Crippen molar-refractivity contribution in [3.8, 4) is 17.2 Å². The lowest BCUT2D eigenvalue weighted by atomic mass is 10.2. The number of hydrazone groups is 1. The molecule has 0 aromatic heterocycles. The molecule has 6 nitrogen and oxygen atoms in total. The van der Waals surface area contributed by atoms with Gasteiger partial charge >= 0.3 is 0 Å². The number of rotatable bonds is 8. The summed E-state index contributed by atoms with van der Waals surface area (Å²) in [6.07, 6.45) is 1.45. The second kappa shape index (κ2) is 11.1. The summed E-state index contributed by atoms with van der Waals surface area (Å²) in [6.45, 7) is 0.219. The van der Waals surface area contributed by atoms with E-state index in [0.717, 1.165) is 5.56 Å². The lowest BCUT2D eigenvalue weighted by Gasteiger charge is -2.11. The van der Waals surface area contributed by atoms with E-state index in [2.05, 4.69) is 10.5 Å². The summed E-state index contributed by atoms with van der Waals surface area (Å²) in [5, 5.41) is 5.57. The molecule has 0 saturated heterocycles. The van der Waals surface area contributed by atoms with E-state index in [1.54, 1.807) is 54.6 Å². The Kier molecular flexibility index (Phi) is 8.22. The zero-order chi connectivity index (χ0) is 23.1. The van der Waals surface area contributed by atoms with Crippen LogP contribution in [0.5, 0.6) is 17.2 Å². The average Bonchev–Trinajstić information content (AvgIpc) is 2.79. The molecule has 0 aliphatic carbocycles. The van der Waals surface area contributed by atoms with Crippen molar-refractivity contribution in [1.29, 1.82) is 0 Å². The van der Waals surface area contributed by atoms with Crippen LogP contribution in [0.4, 0.5) is 0 Å². The summed E-state index contributed by atoms with van der Waals surface area (Å²) in [5.41, 5.74) is 4.19. The van der Waals surface area contributed by atoms with E-state index >= 15 is 0 Å². The van der Waals surface area contributed by atoms with Crippen LogP contribution in [0.3, 0.4) is 0 Å². The fourth-order valence-electron chi connectivity index (χ4n) is 2.75. The highest BCUT2D eigenvalue weighted by Gasteiger charge is 2.11. The van der Waals surface area contributed by atoms with Crippen molar-refractivity contribution in [2.24, 2.45) is 5.10 Å². The number of nitrogens with one attached hydrogen (secondary N) is 1. The minimum absolute atomic E-state index is 0.219. The molecule has 3 aromatic rings. The van der Waals surface area contributed by atoms with Gasteiger partial charge in [0.05, 0.1) is 20.4 Å². The van der Waals surface area contributed by atoms with Gasteiger partial charge in [0.25, 0.3) is 5.91 Å². The molecular weight excluding hydrogens is 475 g/mol. The van der Waals surface area contributed by atoms with Gasteiger partial charge in [0.1, 0.15) is 12.4 Å². The van der Waals surface area contributed by atoms with E-state index in [0.29, 0.717) is 43.4 Å². The number of halogens is 3. The number of carbonyl (C=O) groups is 1. The first-order valence-electron chi connectivity index (χ1n) is 9.33. The summed E-state index contributed by atoms with van der Waals surface area (Å²) in [6, 6.07) is 15.1. The lowest BCUT2D eigenvalue weighted by molar-refractivity contribution is 0.0954. The summed E-state index contributed by atoms with van der Waals surface area (Å²) >= 11 is 18.2. The van der Waals surface area contributed by atoms with Crippen molar-refractivity contribution >= 4 is 46.9 Å². The average molecular weight is 494 g/mol. The molecule has 3 aromatic carbocycles. The van der Waals surface area contributed by atoms with Crippen LogP contribution < -0.4 is 19.6 Å². The molecule has 1 N–H and O–H groups in total. The Bertz CT molecular complexity index is 1150. The molecule has 32 heavy (non-hydrogen) atoms. The van der Waals surface area contributed by atoms with E-state index in [-0.39, 0.29) is 6.61 Å². The molecule has 9 heteroatoms. The van der Waals surface area contributed by atoms with E-state index in [4.69, 9.17) is 49.0 Å². The van der Waals surface area contributed by atoms with E-state index in [9.17, 15) is 4.79 Å². The standard InChI is InChI=1S/C23H19Cl3N2O4/c1-30-21-7-4-14(10-22(21)31-2)23(29)28-27-12-16-9-17(24)6-8-20(16)32-13-15-3-5-18(25)11-19(15)26/h3-12H,13H2,1-2H3,(H,28,29)/b27-12+. The van der Waals surface area contributed by atoms with Crippen LogP contribution in [-0.2, 0) is 6.61 Å². The monoisotopic (exact) mass is 492 g/mol. The maximum atomic E-state index is 12.4. The van der Waals surface area contributed by atoms with E-state index < -0.39 is 5.91 Å². The number of amides is 1. The highest BCUT2D eigenvalue weighted by Crippen LogP contribution is 2.28. The minimum Gasteiger partial charge on any atom is -0.493 e. The molecule has 0 bridgehead atoms. The topological polar surface area (TPSA) is 69.2 Å². The van der Waals surface area contributed by atoms with Gasteiger partial charge in [-0.05, 0) is 48.5 Å². The Hall–Kier alpha value is -2.93. The Morgan fingerprint density at radius 3 is 2.31 bits per heavy atom. The normalized spacial score (nSPS) is 10.8. The Balaban J connectivity index is 1.71. The van der Waals surface area contributed by atoms with Gasteiger partial charge in [-0.2, -0.15) is 5.10 Å². The van der Waals surface area contributed by atoms with Crippen LogP contribution in [0.2, 0.25) is 15.1 Å². The highest BCUT2D eigenvalue weighted by atomic mass is 35.5. The summed E-state index contributed by atoms with van der Waals surface area (Å²) < 4.78 is 16.3. The van der Waals surface area contributed by atoms with Gasteiger partial charge < -0.3 is 14.2 Å². The SMILES string of the molecule is COc1ccc(C(=O)N/N=C/c2cc(Cl)ccc2OCc2ccc(Cl)cc2Cl)cc1OC. The molecule has 0 unspecified atom stereocenters. The maximum absolute atomic E-state index is 12.4. The molecule has 0 heterocycles. The molecule has 0 aliphatic heterocycles. The third-order valence-corrected chi connectivity index (χ3v) is 5.21. The molecule has 0 atom stereocenters. The molecular formula is C23H19Cl3N2O4. The molecule has 0 spiro atoms. The smallest absolute Gasteiger partial charge is 0.271 e. The van der Waals surface area contributed by atoms with Crippen molar-refractivity contribution in [1.82, 2.24) is 5.43 Å². The zero-order valence-corrected chi connectivity index (χ0v) is 19.5. The quantitative estimate of drug-likeness (QED) is 0.308. The minimum atomic E-state index is -0.417. The van der Waals surface area contributed by atoms with Crippen LogP contribution in [0.15, 0.2) is 59.7 Å². The first-order chi connectivity index (χ1) is 15.4. The second-order valence-electron chi connectivity index (χ2n) is 6.48.